The number of rotatable bonds is 5. The van der Waals surface area contributed by atoms with Crippen molar-refractivity contribution >= 4 is 44.2 Å². The first-order valence-electron chi connectivity index (χ1n) is 8.63. The minimum atomic E-state index is -0.208. The van der Waals surface area contributed by atoms with Crippen molar-refractivity contribution in [2.45, 2.75) is 18.9 Å². The van der Waals surface area contributed by atoms with Crippen LogP contribution in [0.4, 0.5) is 5.13 Å². The number of fused-ring (bicyclic) bond motifs is 1. The molecule has 4 rings (SSSR count). The molecular weight excluding hydrogens is 388 g/mol. The zero-order chi connectivity index (χ0) is 19.0. The van der Waals surface area contributed by atoms with Gasteiger partial charge in [-0.3, -0.25) is 14.4 Å². The van der Waals surface area contributed by atoms with Gasteiger partial charge in [0.1, 0.15) is 11.3 Å². The van der Waals surface area contributed by atoms with Crippen molar-refractivity contribution < 1.29 is 14.3 Å². The van der Waals surface area contributed by atoms with E-state index >= 15 is 0 Å². The number of anilines is 1. The average molecular weight is 407 g/mol. The Kier molecular flexibility index (Phi) is 5.03. The summed E-state index contributed by atoms with van der Waals surface area (Å²) in [5.41, 5.74) is 1.02. The Morgan fingerprint density at radius 1 is 1.48 bits per heavy atom. The van der Waals surface area contributed by atoms with E-state index in [9.17, 15) is 4.79 Å². The lowest BCUT2D eigenvalue weighted by molar-refractivity contribution is 0.0913. The molecule has 9 heteroatoms. The second kappa shape index (κ2) is 7.46. The molecule has 0 saturated carbocycles. The number of amides is 1. The molecule has 1 atom stereocenters. The van der Waals surface area contributed by atoms with Gasteiger partial charge in [0, 0.05) is 19.9 Å². The van der Waals surface area contributed by atoms with Crippen molar-refractivity contribution in [3.8, 4) is 5.75 Å². The fourth-order valence-corrected chi connectivity index (χ4v) is 4.39. The van der Waals surface area contributed by atoms with Crippen LogP contribution in [0.5, 0.6) is 5.75 Å². The van der Waals surface area contributed by atoms with Crippen molar-refractivity contribution in [3.05, 3.63) is 35.1 Å². The molecule has 3 heterocycles. The molecule has 0 N–H and O–H groups in total. The molecule has 142 valence electrons. The number of aryl methyl sites for hydroxylation is 1. The summed E-state index contributed by atoms with van der Waals surface area (Å²) in [7, 11) is 3.37. The number of benzene rings is 1. The average Bonchev–Trinajstić information content (AvgIpc) is 3.40. The van der Waals surface area contributed by atoms with Gasteiger partial charge < -0.3 is 9.47 Å². The normalized spacial score (nSPS) is 16.8. The van der Waals surface area contributed by atoms with Crippen LogP contribution in [-0.4, -0.2) is 47.0 Å². The van der Waals surface area contributed by atoms with Crippen LogP contribution in [0.15, 0.2) is 24.4 Å². The quantitative estimate of drug-likeness (QED) is 0.648. The molecule has 0 radical (unpaired) electrons. The van der Waals surface area contributed by atoms with E-state index in [1.807, 2.05) is 0 Å². The van der Waals surface area contributed by atoms with Crippen molar-refractivity contribution in [1.82, 2.24) is 14.8 Å². The fraction of sp³-hybridized carbons (Fsp3) is 0.389. The highest BCUT2D eigenvalue weighted by Crippen LogP contribution is 2.39. The zero-order valence-electron chi connectivity index (χ0n) is 15.0. The number of carbonyl (C=O) groups is 1. The lowest BCUT2D eigenvalue weighted by Crippen LogP contribution is -2.37. The second-order valence-electron chi connectivity index (χ2n) is 6.35. The number of hydrogen-bond acceptors (Lipinski definition) is 6. The molecule has 3 aromatic rings. The summed E-state index contributed by atoms with van der Waals surface area (Å²) in [6.07, 6.45) is 3.65. The number of nitrogens with zero attached hydrogens (tertiary/aromatic N) is 4. The maximum Gasteiger partial charge on any atom is 0.280 e. The van der Waals surface area contributed by atoms with Gasteiger partial charge in [-0.1, -0.05) is 22.9 Å². The summed E-state index contributed by atoms with van der Waals surface area (Å²) < 4.78 is 13.5. The molecule has 7 nitrogen and oxygen atoms in total. The molecule has 1 aromatic carbocycles. The molecule has 1 aliphatic heterocycles. The third kappa shape index (κ3) is 3.52. The SMILES string of the molecule is COc1ccc(Cl)c2sc(N(C[C@@H]3CCCO3)C(=O)c3ccn(C)n3)nc12. The van der Waals surface area contributed by atoms with Crippen LogP contribution in [0.1, 0.15) is 23.3 Å². The van der Waals surface area contributed by atoms with Crippen LogP contribution in [0, 0.1) is 0 Å². The van der Waals surface area contributed by atoms with E-state index in [1.54, 1.807) is 48.1 Å². The number of methoxy groups -OCH3 is 1. The van der Waals surface area contributed by atoms with Crippen LogP contribution in [-0.2, 0) is 11.8 Å². The molecule has 1 aliphatic rings. The minimum absolute atomic E-state index is 0.0120. The van der Waals surface area contributed by atoms with Crippen LogP contribution >= 0.6 is 22.9 Å². The summed E-state index contributed by atoms with van der Waals surface area (Å²) in [6.45, 7) is 1.14. The summed E-state index contributed by atoms with van der Waals surface area (Å²) in [5, 5.41) is 5.39. The van der Waals surface area contributed by atoms with Gasteiger partial charge in [-0.2, -0.15) is 5.10 Å². The Bertz CT molecular complexity index is 980. The Morgan fingerprint density at radius 2 is 2.33 bits per heavy atom. The predicted molar refractivity (Wildman–Crippen MR) is 105 cm³/mol. The van der Waals surface area contributed by atoms with E-state index in [-0.39, 0.29) is 12.0 Å². The van der Waals surface area contributed by atoms with Gasteiger partial charge in [0.15, 0.2) is 10.8 Å². The number of thiazole rings is 1. The van der Waals surface area contributed by atoms with E-state index in [0.717, 1.165) is 24.1 Å². The summed E-state index contributed by atoms with van der Waals surface area (Å²) in [6, 6.07) is 5.25. The Hall–Kier alpha value is -2.16. The monoisotopic (exact) mass is 406 g/mol. The van der Waals surface area contributed by atoms with Crippen LogP contribution in [0.2, 0.25) is 5.02 Å². The predicted octanol–water partition coefficient (Wildman–Crippen LogP) is 3.52. The molecule has 0 aliphatic carbocycles. The highest BCUT2D eigenvalue weighted by molar-refractivity contribution is 7.23. The maximum atomic E-state index is 13.2. The van der Waals surface area contributed by atoms with Gasteiger partial charge in [0.2, 0.25) is 0 Å². The Labute approximate surface area is 165 Å². The summed E-state index contributed by atoms with van der Waals surface area (Å²) in [4.78, 5) is 19.5. The summed E-state index contributed by atoms with van der Waals surface area (Å²) in [5.74, 6) is 0.416. The van der Waals surface area contributed by atoms with Gasteiger partial charge in [-0.05, 0) is 31.0 Å². The standard InChI is InChI=1S/C18H19ClN4O3S/c1-22-8-7-13(21-22)17(24)23(10-11-4-3-9-26-11)18-20-15-14(25-2)6-5-12(19)16(15)27-18/h5-8,11H,3-4,9-10H2,1-2H3/t11-/m0/s1. The van der Waals surface area contributed by atoms with Gasteiger partial charge in [-0.25, -0.2) is 4.98 Å². The minimum Gasteiger partial charge on any atom is -0.494 e. The van der Waals surface area contributed by atoms with Crippen LogP contribution in [0.25, 0.3) is 10.2 Å². The third-order valence-electron chi connectivity index (χ3n) is 4.49. The molecular formula is C18H19ClN4O3S. The molecule has 1 amide bonds. The van der Waals surface area contributed by atoms with Crippen LogP contribution in [0.3, 0.4) is 0 Å². The van der Waals surface area contributed by atoms with E-state index in [2.05, 4.69) is 10.1 Å². The third-order valence-corrected chi connectivity index (χ3v) is 6.02. The fourth-order valence-electron chi connectivity index (χ4n) is 3.13. The van der Waals surface area contributed by atoms with Crippen molar-refractivity contribution in [2.75, 3.05) is 25.2 Å². The van der Waals surface area contributed by atoms with E-state index in [1.165, 1.54) is 11.3 Å². The van der Waals surface area contributed by atoms with Gasteiger partial charge in [0.25, 0.3) is 5.91 Å². The molecule has 1 saturated heterocycles. The molecule has 1 fully saturated rings. The first kappa shape index (κ1) is 18.2. The number of hydrogen-bond donors (Lipinski definition) is 0. The lowest BCUT2D eigenvalue weighted by atomic mass is 10.2. The van der Waals surface area contributed by atoms with E-state index in [4.69, 9.17) is 21.1 Å². The lowest BCUT2D eigenvalue weighted by Gasteiger charge is -2.22. The van der Waals surface area contributed by atoms with Gasteiger partial charge in [0.05, 0.1) is 29.5 Å². The zero-order valence-corrected chi connectivity index (χ0v) is 16.6. The number of aromatic nitrogens is 3. The Morgan fingerprint density at radius 3 is 3.00 bits per heavy atom. The van der Waals surface area contributed by atoms with Crippen LogP contribution < -0.4 is 9.64 Å². The first-order chi connectivity index (χ1) is 13.1. The molecule has 0 bridgehead atoms. The highest BCUT2D eigenvalue weighted by Gasteiger charge is 2.29. The molecule has 2 aromatic heterocycles. The molecule has 0 unspecified atom stereocenters. The summed E-state index contributed by atoms with van der Waals surface area (Å²) >= 11 is 7.71. The maximum absolute atomic E-state index is 13.2. The molecule has 0 spiro atoms. The topological polar surface area (TPSA) is 69.5 Å². The van der Waals surface area contributed by atoms with Crippen molar-refractivity contribution in [3.63, 3.8) is 0 Å². The van der Waals surface area contributed by atoms with Crippen molar-refractivity contribution in [1.29, 1.82) is 0 Å². The number of ether oxygens (including phenoxy) is 2. The smallest absolute Gasteiger partial charge is 0.280 e. The first-order valence-corrected chi connectivity index (χ1v) is 9.82. The number of halogens is 1. The highest BCUT2D eigenvalue weighted by atomic mass is 35.5. The van der Waals surface area contributed by atoms with Gasteiger partial charge >= 0.3 is 0 Å². The van der Waals surface area contributed by atoms with Gasteiger partial charge in [-0.15, -0.1) is 0 Å². The second-order valence-corrected chi connectivity index (χ2v) is 7.73. The molecule has 27 heavy (non-hydrogen) atoms. The van der Waals surface area contributed by atoms with E-state index < -0.39 is 0 Å². The van der Waals surface area contributed by atoms with E-state index in [0.29, 0.717) is 33.7 Å². The Balaban J connectivity index is 1.76. The number of carbonyl (C=O) groups excluding carboxylic acids is 1. The van der Waals surface area contributed by atoms with Crippen molar-refractivity contribution in [2.24, 2.45) is 7.05 Å². The largest absolute Gasteiger partial charge is 0.494 e.